The number of piperazine rings is 1. The molecule has 3 heterocycles. The van der Waals surface area contributed by atoms with Gasteiger partial charge in [-0.2, -0.15) is 4.98 Å². The Morgan fingerprint density at radius 1 is 0.882 bits per heavy atom. The predicted molar refractivity (Wildman–Crippen MR) is 134 cm³/mol. The maximum absolute atomic E-state index is 12.7. The van der Waals surface area contributed by atoms with Crippen molar-refractivity contribution in [2.24, 2.45) is 5.92 Å². The monoisotopic (exact) mass is 459 g/mol. The van der Waals surface area contributed by atoms with Gasteiger partial charge < -0.3 is 19.2 Å². The third-order valence-corrected chi connectivity index (χ3v) is 7.05. The Kier molecular flexibility index (Phi) is 6.79. The largest absolute Gasteiger partial charge is 0.372 e. The van der Waals surface area contributed by atoms with Gasteiger partial charge in [-0.15, -0.1) is 0 Å². The Hall–Kier alpha value is -3.35. The molecule has 0 bridgehead atoms. The first-order valence-electron chi connectivity index (χ1n) is 12.4. The summed E-state index contributed by atoms with van der Waals surface area (Å²) in [5.41, 5.74) is 3.40. The zero-order valence-corrected chi connectivity index (χ0v) is 19.9. The first-order valence-corrected chi connectivity index (χ1v) is 12.4. The molecular formula is C27H33N5O2. The number of nitrogens with zero attached hydrogens (tertiary/aromatic N) is 5. The smallest absolute Gasteiger partial charge is 0.227 e. The van der Waals surface area contributed by atoms with Gasteiger partial charge >= 0.3 is 0 Å². The topological polar surface area (TPSA) is 65.7 Å². The molecule has 2 aliphatic rings. The number of aryl methyl sites for hydroxylation is 1. The van der Waals surface area contributed by atoms with Crippen molar-refractivity contribution >= 4 is 17.3 Å². The van der Waals surface area contributed by atoms with Gasteiger partial charge in [0.15, 0.2) is 0 Å². The van der Waals surface area contributed by atoms with Crippen LogP contribution in [-0.2, 0) is 11.2 Å². The zero-order chi connectivity index (χ0) is 23.3. The summed E-state index contributed by atoms with van der Waals surface area (Å²) in [4.78, 5) is 24.0. The maximum atomic E-state index is 12.7. The van der Waals surface area contributed by atoms with Crippen molar-refractivity contribution in [2.45, 2.75) is 32.6 Å². The summed E-state index contributed by atoms with van der Waals surface area (Å²) in [5, 5.41) is 4.14. The third kappa shape index (κ3) is 5.24. The lowest BCUT2D eigenvalue weighted by atomic mass is 9.98. The molecule has 2 fully saturated rings. The minimum atomic E-state index is 0.146. The molecule has 0 radical (unpaired) electrons. The Morgan fingerprint density at radius 3 is 2.24 bits per heavy atom. The number of amides is 1. The Balaban J connectivity index is 1.11. The van der Waals surface area contributed by atoms with Crippen LogP contribution in [0.15, 0.2) is 59.1 Å². The summed E-state index contributed by atoms with van der Waals surface area (Å²) in [6.45, 7) is 7.74. The molecule has 0 saturated carbocycles. The van der Waals surface area contributed by atoms with E-state index in [0.717, 1.165) is 50.7 Å². The van der Waals surface area contributed by atoms with E-state index in [1.807, 2.05) is 11.0 Å². The minimum Gasteiger partial charge on any atom is -0.372 e. The molecular weight excluding hydrogens is 426 g/mol. The number of benzene rings is 2. The molecule has 0 unspecified atom stereocenters. The van der Waals surface area contributed by atoms with E-state index in [-0.39, 0.29) is 5.91 Å². The first-order chi connectivity index (χ1) is 16.7. The molecule has 0 aliphatic carbocycles. The van der Waals surface area contributed by atoms with E-state index in [9.17, 15) is 4.79 Å². The molecule has 0 N–H and O–H groups in total. The summed E-state index contributed by atoms with van der Waals surface area (Å²) in [5.74, 6) is 2.06. The second kappa shape index (κ2) is 10.3. The number of carbonyl (C=O) groups excluding carboxylic acids is 1. The number of carbonyl (C=O) groups is 1. The molecule has 178 valence electrons. The maximum Gasteiger partial charge on any atom is 0.227 e. The Morgan fingerprint density at radius 2 is 1.53 bits per heavy atom. The van der Waals surface area contributed by atoms with Crippen LogP contribution in [0.25, 0.3) is 11.4 Å². The SMILES string of the molecule is CC1CCN(c2ccc(-c3noc(CCC(=O)N4CCN(c5ccccc5)CC4)n3)cc2)CC1. The molecule has 7 heteroatoms. The minimum absolute atomic E-state index is 0.146. The average Bonchev–Trinajstić information content (AvgIpc) is 3.38. The summed E-state index contributed by atoms with van der Waals surface area (Å²) >= 11 is 0. The van der Waals surface area contributed by atoms with Crippen molar-refractivity contribution in [1.82, 2.24) is 15.0 Å². The molecule has 7 nitrogen and oxygen atoms in total. The molecule has 1 aromatic heterocycles. The molecule has 34 heavy (non-hydrogen) atoms. The van der Waals surface area contributed by atoms with Gasteiger partial charge in [0.05, 0.1) is 0 Å². The van der Waals surface area contributed by atoms with Crippen LogP contribution >= 0.6 is 0 Å². The fourth-order valence-electron chi connectivity index (χ4n) is 4.79. The van der Waals surface area contributed by atoms with Crippen LogP contribution in [-0.4, -0.2) is 60.2 Å². The molecule has 5 rings (SSSR count). The Bertz CT molecular complexity index is 1070. The molecule has 2 saturated heterocycles. The molecule has 0 spiro atoms. The van der Waals surface area contributed by atoms with E-state index < -0.39 is 0 Å². The van der Waals surface area contributed by atoms with E-state index in [0.29, 0.717) is 24.6 Å². The van der Waals surface area contributed by atoms with Crippen LogP contribution in [0.4, 0.5) is 11.4 Å². The van der Waals surface area contributed by atoms with E-state index >= 15 is 0 Å². The number of aromatic nitrogens is 2. The molecule has 0 atom stereocenters. The second-order valence-electron chi connectivity index (χ2n) is 9.43. The van der Waals surface area contributed by atoms with Gasteiger partial charge in [0, 0.05) is 69.0 Å². The molecule has 2 aliphatic heterocycles. The van der Waals surface area contributed by atoms with E-state index in [1.165, 1.54) is 24.2 Å². The normalized spacial score (nSPS) is 17.3. The van der Waals surface area contributed by atoms with E-state index in [1.54, 1.807) is 0 Å². The van der Waals surface area contributed by atoms with Crippen LogP contribution in [0.3, 0.4) is 0 Å². The van der Waals surface area contributed by atoms with Crippen molar-refractivity contribution < 1.29 is 9.32 Å². The lowest BCUT2D eigenvalue weighted by Gasteiger charge is -2.36. The highest BCUT2D eigenvalue weighted by Crippen LogP contribution is 2.25. The van der Waals surface area contributed by atoms with Gasteiger partial charge in [0.1, 0.15) is 0 Å². The highest BCUT2D eigenvalue weighted by atomic mass is 16.5. The Labute approximate surface area is 201 Å². The third-order valence-electron chi connectivity index (χ3n) is 7.05. The van der Waals surface area contributed by atoms with Gasteiger partial charge in [-0.05, 0) is 55.2 Å². The van der Waals surface area contributed by atoms with Crippen molar-refractivity contribution in [3.05, 3.63) is 60.5 Å². The molecule has 1 amide bonds. The number of anilines is 2. The zero-order valence-electron chi connectivity index (χ0n) is 19.9. The number of rotatable bonds is 6. The number of piperidine rings is 1. The summed E-state index contributed by atoms with van der Waals surface area (Å²) in [6.07, 6.45) is 3.35. The highest BCUT2D eigenvalue weighted by molar-refractivity contribution is 5.76. The van der Waals surface area contributed by atoms with Crippen molar-refractivity contribution in [1.29, 1.82) is 0 Å². The fourth-order valence-corrected chi connectivity index (χ4v) is 4.79. The van der Waals surface area contributed by atoms with Gasteiger partial charge in [-0.25, -0.2) is 0 Å². The van der Waals surface area contributed by atoms with Gasteiger partial charge in [-0.1, -0.05) is 30.3 Å². The number of para-hydroxylation sites is 1. The van der Waals surface area contributed by atoms with Crippen LogP contribution in [0.2, 0.25) is 0 Å². The lowest BCUT2D eigenvalue weighted by molar-refractivity contribution is -0.131. The van der Waals surface area contributed by atoms with E-state index in [4.69, 9.17) is 4.52 Å². The summed E-state index contributed by atoms with van der Waals surface area (Å²) in [7, 11) is 0. The summed E-state index contributed by atoms with van der Waals surface area (Å²) < 4.78 is 5.44. The van der Waals surface area contributed by atoms with Gasteiger partial charge in [-0.3, -0.25) is 4.79 Å². The van der Waals surface area contributed by atoms with Crippen LogP contribution in [0.5, 0.6) is 0 Å². The first kappa shape index (κ1) is 22.4. The number of hydrogen-bond acceptors (Lipinski definition) is 6. The molecule has 2 aromatic carbocycles. The average molecular weight is 460 g/mol. The van der Waals surface area contributed by atoms with Crippen molar-refractivity contribution in [3.63, 3.8) is 0 Å². The predicted octanol–water partition coefficient (Wildman–Crippen LogP) is 4.25. The van der Waals surface area contributed by atoms with Crippen LogP contribution < -0.4 is 9.80 Å². The standard InChI is InChI=1S/C27H33N5O2/c1-21-13-15-30(16-14-21)24-9-7-22(8-10-24)27-28-25(34-29-27)11-12-26(33)32-19-17-31(18-20-32)23-5-3-2-4-6-23/h2-10,21H,11-20H2,1H3. The quantitative estimate of drug-likeness (QED) is 0.549. The van der Waals surface area contributed by atoms with Gasteiger partial charge in [0.25, 0.3) is 0 Å². The number of hydrogen-bond donors (Lipinski definition) is 0. The van der Waals surface area contributed by atoms with Gasteiger partial charge in [0.2, 0.25) is 17.6 Å². The summed E-state index contributed by atoms with van der Waals surface area (Å²) in [6, 6.07) is 18.7. The lowest BCUT2D eigenvalue weighted by Crippen LogP contribution is -2.48. The second-order valence-corrected chi connectivity index (χ2v) is 9.43. The van der Waals surface area contributed by atoms with Crippen molar-refractivity contribution in [2.75, 3.05) is 49.1 Å². The highest BCUT2D eigenvalue weighted by Gasteiger charge is 2.22. The van der Waals surface area contributed by atoms with Crippen LogP contribution in [0, 0.1) is 5.92 Å². The van der Waals surface area contributed by atoms with E-state index in [2.05, 4.69) is 75.4 Å². The fraction of sp³-hybridized carbons (Fsp3) is 0.444. The van der Waals surface area contributed by atoms with Crippen molar-refractivity contribution in [3.8, 4) is 11.4 Å². The van der Waals surface area contributed by atoms with Crippen LogP contribution in [0.1, 0.15) is 32.1 Å². The molecule has 3 aromatic rings.